The van der Waals surface area contributed by atoms with Gasteiger partial charge in [0.2, 0.25) is 5.95 Å². The number of hydrogen-bond acceptors (Lipinski definition) is 9. The van der Waals surface area contributed by atoms with Crippen LogP contribution in [-0.4, -0.2) is 83.5 Å². The fraction of sp³-hybridized carbons (Fsp3) is 0.371. The standard InChI is InChI=1S/C35H42ClN9O2/c1-44-16-18-45(19-17-44)15-5-14-38-35-39-22-26-20-27(34(47)42-32(26)43-35)31(24-8-9-24)40-30-21-25(10-11-28(30)36)33(46)41-29(12-13-37)23-6-3-2-4-7-23/h2-4,6-7,10-11,20-22,29,40H,5,8-9,12-19,37H2,1H3,(H,41,46)(H2,38,39,42,43,47). The van der Waals surface area contributed by atoms with Gasteiger partial charge in [-0.15, -0.1) is 0 Å². The summed E-state index contributed by atoms with van der Waals surface area (Å²) in [4.78, 5) is 43.6. The van der Waals surface area contributed by atoms with Crippen LogP contribution in [0.3, 0.4) is 0 Å². The molecule has 1 atom stereocenters. The van der Waals surface area contributed by atoms with Crippen molar-refractivity contribution in [2.24, 2.45) is 5.73 Å². The van der Waals surface area contributed by atoms with Crippen molar-refractivity contribution in [3.8, 4) is 0 Å². The molecule has 6 N–H and O–H groups in total. The van der Waals surface area contributed by atoms with Crippen LogP contribution in [0.5, 0.6) is 0 Å². The van der Waals surface area contributed by atoms with Crippen LogP contribution in [0.15, 0.2) is 71.2 Å². The van der Waals surface area contributed by atoms with E-state index >= 15 is 0 Å². The first-order valence-electron chi connectivity index (χ1n) is 16.3. The highest BCUT2D eigenvalue weighted by Crippen LogP contribution is 2.38. The molecule has 1 saturated carbocycles. The highest BCUT2D eigenvalue weighted by molar-refractivity contribution is 6.33. The van der Waals surface area contributed by atoms with Crippen molar-refractivity contribution >= 4 is 45.9 Å². The van der Waals surface area contributed by atoms with E-state index in [1.54, 1.807) is 30.5 Å². The Labute approximate surface area is 279 Å². The number of amides is 1. The van der Waals surface area contributed by atoms with Crippen molar-refractivity contribution in [2.75, 3.05) is 63.5 Å². The third-order valence-corrected chi connectivity index (χ3v) is 9.03. The summed E-state index contributed by atoms with van der Waals surface area (Å²) in [6, 6.07) is 16.4. The number of nitrogens with two attached hydrogens (primary N) is 1. The number of piperazine rings is 1. The number of pyridine rings is 1. The normalized spacial score (nSPS) is 15.8. The monoisotopic (exact) mass is 655 g/mol. The summed E-state index contributed by atoms with van der Waals surface area (Å²) < 4.78 is 0. The van der Waals surface area contributed by atoms with Crippen LogP contribution in [0.2, 0.25) is 5.02 Å². The number of benzene rings is 2. The molecule has 1 saturated heterocycles. The number of carbonyl (C=O) groups excluding carboxylic acids is 1. The Kier molecular flexibility index (Phi) is 10.5. The first-order valence-corrected chi connectivity index (χ1v) is 16.7. The molecule has 0 bridgehead atoms. The van der Waals surface area contributed by atoms with Gasteiger partial charge in [-0.2, -0.15) is 4.98 Å². The van der Waals surface area contributed by atoms with Crippen molar-refractivity contribution in [1.29, 1.82) is 0 Å². The number of nitrogens with one attached hydrogen (secondary N) is 4. The van der Waals surface area contributed by atoms with Gasteiger partial charge in [0.1, 0.15) is 5.65 Å². The van der Waals surface area contributed by atoms with Crippen LogP contribution in [0, 0.1) is 0 Å². The second-order valence-electron chi connectivity index (χ2n) is 12.2. The van der Waals surface area contributed by atoms with E-state index in [0.717, 1.165) is 69.7 Å². The molecule has 0 spiro atoms. The summed E-state index contributed by atoms with van der Waals surface area (Å²) in [6.45, 7) is 6.61. The molecular formula is C35H42ClN9O2. The van der Waals surface area contributed by atoms with Gasteiger partial charge >= 0.3 is 0 Å². The maximum absolute atomic E-state index is 13.4. The molecule has 246 valence electrons. The Morgan fingerprint density at radius 3 is 2.62 bits per heavy atom. The minimum absolute atomic E-state index is 0.221. The van der Waals surface area contributed by atoms with Crippen LogP contribution in [-0.2, 0) is 0 Å². The van der Waals surface area contributed by atoms with Gasteiger partial charge in [-0.1, -0.05) is 41.9 Å². The Morgan fingerprint density at radius 2 is 1.87 bits per heavy atom. The van der Waals surface area contributed by atoms with Crippen molar-refractivity contribution in [3.05, 3.63) is 98.4 Å². The highest BCUT2D eigenvalue weighted by Gasteiger charge is 2.24. The average molecular weight is 656 g/mol. The lowest BCUT2D eigenvalue weighted by Crippen LogP contribution is -2.44. The predicted octanol–water partition coefficient (Wildman–Crippen LogP) is 4.46. The Hall–Kier alpha value is -4.29. The Morgan fingerprint density at radius 1 is 1.09 bits per heavy atom. The number of carbonyl (C=O) groups is 1. The second-order valence-corrected chi connectivity index (χ2v) is 12.7. The number of likely N-dealkylation sites (N-methyl/N-ethyl adjacent to an activating group) is 1. The van der Waals surface area contributed by atoms with Crippen LogP contribution in [0.4, 0.5) is 11.6 Å². The topological polar surface area (TPSA) is 144 Å². The van der Waals surface area contributed by atoms with Gasteiger partial charge in [-0.3, -0.25) is 9.59 Å². The Balaban J connectivity index is 1.15. The maximum atomic E-state index is 13.4. The smallest absolute Gasteiger partial charge is 0.258 e. The van der Waals surface area contributed by atoms with Crippen LogP contribution < -0.4 is 27.2 Å². The summed E-state index contributed by atoms with van der Waals surface area (Å²) in [5.41, 5.74) is 10.3. The van der Waals surface area contributed by atoms with Gasteiger partial charge in [-0.25, -0.2) is 4.98 Å². The van der Waals surface area contributed by atoms with E-state index in [1.807, 2.05) is 30.3 Å². The summed E-state index contributed by atoms with van der Waals surface area (Å²) >= 11 is 6.61. The number of aromatic nitrogens is 3. The number of H-pyrrole nitrogens is 1. The molecule has 1 amide bonds. The second kappa shape index (κ2) is 15.1. The molecule has 1 unspecified atom stereocenters. The van der Waals surface area contributed by atoms with Gasteiger partial charge in [-0.05, 0) is 81.2 Å². The van der Waals surface area contributed by atoms with E-state index in [0.29, 0.717) is 57.5 Å². The third-order valence-electron chi connectivity index (χ3n) is 8.70. The van der Waals surface area contributed by atoms with Gasteiger partial charge in [0, 0.05) is 49.9 Å². The molecule has 11 nitrogen and oxygen atoms in total. The lowest BCUT2D eigenvalue weighted by Gasteiger charge is -2.32. The van der Waals surface area contributed by atoms with E-state index in [2.05, 4.69) is 47.7 Å². The summed E-state index contributed by atoms with van der Waals surface area (Å²) in [5.74, 6) is 0.248. The number of aromatic amines is 1. The number of rotatable bonds is 13. The summed E-state index contributed by atoms with van der Waals surface area (Å²) in [6.07, 6.45) is 5.04. The third kappa shape index (κ3) is 8.36. The van der Waals surface area contributed by atoms with Crippen molar-refractivity contribution in [2.45, 2.75) is 31.7 Å². The SMILES string of the molecule is CN1CCN(CCCNc2ncc3cc(C(Nc4cc(C(=O)NC(CCN)c5ccccc5)ccc4Cl)=C4CC4)c(=O)[nH]c3n2)CC1. The molecule has 47 heavy (non-hydrogen) atoms. The number of allylic oxidation sites excluding steroid dienone is 1. The maximum Gasteiger partial charge on any atom is 0.258 e. The van der Waals surface area contributed by atoms with E-state index in [9.17, 15) is 9.59 Å². The van der Waals surface area contributed by atoms with E-state index in [-0.39, 0.29) is 17.5 Å². The fourth-order valence-electron chi connectivity index (χ4n) is 5.81. The summed E-state index contributed by atoms with van der Waals surface area (Å²) in [5, 5.41) is 10.9. The van der Waals surface area contributed by atoms with Crippen LogP contribution >= 0.6 is 11.6 Å². The first kappa shape index (κ1) is 32.6. The first-order chi connectivity index (χ1) is 22.9. The van der Waals surface area contributed by atoms with Crippen LogP contribution in [0.1, 0.15) is 53.2 Å². The average Bonchev–Trinajstić information content (AvgIpc) is 3.93. The molecule has 2 fully saturated rings. The number of hydrogen-bond donors (Lipinski definition) is 5. The quantitative estimate of drug-likeness (QED) is 0.132. The predicted molar refractivity (Wildman–Crippen MR) is 189 cm³/mol. The van der Waals surface area contributed by atoms with Crippen LogP contribution in [0.25, 0.3) is 16.7 Å². The van der Waals surface area contributed by atoms with Gasteiger partial charge in [0.15, 0.2) is 0 Å². The van der Waals surface area contributed by atoms with Crippen molar-refractivity contribution < 1.29 is 4.79 Å². The number of halogens is 1. The largest absolute Gasteiger partial charge is 0.354 e. The number of fused-ring (bicyclic) bond motifs is 1. The minimum Gasteiger partial charge on any atom is -0.354 e. The molecule has 6 rings (SSSR count). The number of anilines is 2. The lowest BCUT2D eigenvalue weighted by atomic mass is 10.0. The van der Waals surface area contributed by atoms with E-state index < -0.39 is 0 Å². The molecule has 0 radical (unpaired) electrons. The molecule has 3 heterocycles. The Bertz CT molecular complexity index is 1800. The minimum atomic E-state index is -0.267. The zero-order valence-corrected chi connectivity index (χ0v) is 27.4. The summed E-state index contributed by atoms with van der Waals surface area (Å²) in [7, 11) is 2.16. The fourth-order valence-corrected chi connectivity index (χ4v) is 5.97. The molecule has 1 aliphatic heterocycles. The zero-order chi connectivity index (χ0) is 32.8. The van der Waals surface area contributed by atoms with Gasteiger partial charge < -0.3 is 36.5 Å². The molecule has 2 aliphatic rings. The molecule has 12 heteroatoms. The van der Waals surface area contributed by atoms with Crippen molar-refractivity contribution in [1.82, 2.24) is 30.1 Å². The number of nitrogens with zero attached hydrogens (tertiary/aromatic N) is 4. The molecule has 2 aromatic heterocycles. The van der Waals surface area contributed by atoms with Gasteiger partial charge in [0.05, 0.1) is 28.0 Å². The lowest BCUT2D eigenvalue weighted by molar-refractivity contribution is 0.0935. The highest BCUT2D eigenvalue weighted by atomic mass is 35.5. The zero-order valence-electron chi connectivity index (χ0n) is 26.7. The molecule has 1 aliphatic carbocycles. The van der Waals surface area contributed by atoms with Gasteiger partial charge in [0.25, 0.3) is 11.5 Å². The molecule has 2 aromatic carbocycles. The van der Waals surface area contributed by atoms with E-state index in [4.69, 9.17) is 17.3 Å². The molecule has 4 aromatic rings. The van der Waals surface area contributed by atoms with E-state index in [1.165, 1.54) is 0 Å². The molecular weight excluding hydrogens is 614 g/mol. The van der Waals surface area contributed by atoms with Crippen molar-refractivity contribution in [3.63, 3.8) is 0 Å².